The van der Waals surface area contributed by atoms with Crippen molar-refractivity contribution in [3.8, 4) is 0 Å². The fourth-order valence-electron chi connectivity index (χ4n) is 7.01. The van der Waals surface area contributed by atoms with Crippen LogP contribution in [0.4, 0.5) is 5.69 Å². The van der Waals surface area contributed by atoms with Crippen molar-refractivity contribution in [2.24, 2.45) is 11.8 Å². The number of nitrogens with zero attached hydrogens (tertiary/aromatic N) is 2. The monoisotopic (exact) mass is 538 g/mol. The molecule has 3 saturated heterocycles. The van der Waals surface area contributed by atoms with E-state index in [1.165, 1.54) is 0 Å². The average Bonchev–Trinajstić information content (AvgIpc) is 3.46. The molecule has 3 fully saturated rings. The minimum atomic E-state index is -1.11. The summed E-state index contributed by atoms with van der Waals surface area (Å²) >= 11 is 0. The molecular formula is C31H42N2O6. The van der Waals surface area contributed by atoms with Crippen LogP contribution in [0.15, 0.2) is 43.5 Å². The van der Waals surface area contributed by atoms with E-state index in [0.717, 1.165) is 23.2 Å². The third-order valence-electron chi connectivity index (χ3n) is 8.68. The second-order valence-corrected chi connectivity index (χ2v) is 11.3. The lowest BCUT2D eigenvalue weighted by Crippen LogP contribution is -2.56. The molecule has 3 heterocycles. The number of fused-ring (bicyclic) bond motifs is 1. The molecule has 0 aliphatic carbocycles. The highest BCUT2D eigenvalue weighted by Gasteiger charge is 2.78. The van der Waals surface area contributed by atoms with E-state index in [0.29, 0.717) is 38.6 Å². The summed E-state index contributed by atoms with van der Waals surface area (Å²) < 4.78 is 12.3. The Morgan fingerprint density at radius 1 is 1.18 bits per heavy atom. The van der Waals surface area contributed by atoms with E-state index >= 15 is 0 Å². The zero-order valence-electron chi connectivity index (χ0n) is 23.5. The van der Waals surface area contributed by atoms with Gasteiger partial charge in [-0.3, -0.25) is 14.4 Å². The number of likely N-dealkylation sites (tertiary alicyclic amines) is 1. The van der Waals surface area contributed by atoms with Crippen LogP contribution in [0, 0.1) is 25.7 Å². The second-order valence-electron chi connectivity index (χ2n) is 11.3. The topological polar surface area (TPSA) is 96.4 Å². The van der Waals surface area contributed by atoms with Crippen molar-refractivity contribution in [2.75, 3.05) is 31.2 Å². The maximum absolute atomic E-state index is 14.6. The predicted octanol–water partition coefficient (Wildman–Crippen LogP) is 3.87. The molecule has 3 aliphatic heterocycles. The van der Waals surface area contributed by atoms with E-state index < -0.39 is 35.0 Å². The van der Waals surface area contributed by atoms with Crippen molar-refractivity contribution in [3.05, 3.63) is 54.6 Å². The van der Waals surface area contributed by atoms with Crippen molar-refractivity contribution in [3.63, 3.8) is 0 Å². The fourth-order valence-corrected chi connectivity index (χ4v) is 7.01. The minimum absolute atomic E-state index is 0.0721. The summed E-state index contributed by atoms with van der Waals surface area (Å²) in [5.74, 6) is -2.48. The van der Waals surface area contributed by atoms with Gasteiger partial charge in [-0.2, -0.15) is 0 Å². The number of rotatable bonds is 13. The van der Waals surface area contributed by atoms with Gasteiger partial charge in [0.05, 0.1) is 18.1 Å². The van der Waals surface area contributed by atoms with E-state index in [1.54, 1.807) is 22.0 Å². The Balaban J connectivity index is 1.76. The molecule has 39 heavy (non-hydrogen) atoms. The van der Waals surface area contributed by atoms with Crippen LogP contribution in [0.5, 0.6) is 0 Å². The van der Waals surface area contributed by atoms with Crippen LogP contribution in [0.25, 0.3) is 0 Å². The van der Waals surface area contributed by atoms with E-state index in [4.69, 9.17) is 9.47 Å². The number of anilines is 1. The van der Waals surface area contributed by atoms with Gasteiger partial charge in [0.1, 0.15) is 17.6 Å². The number of aryl methyl sites for hydroxylation is 2. The maximum Gasteiger partial charge on any atom is 0.312 e. The number of benzene rings is 1. The van der Waals surface area contributed by atoms with Crippen LogP contribution in [-0.2, 0) is 23.9 Å². The van der Waals surface area contributed by atoms with Crippen LogP contribution >= 0.6 is 0 Å². The molecule has 1 N–H and O–H groups in total. The Bertz CT molecular complexity index is 1110. The molecule has 8 heteroatoms. The first-order valence-corrected chi connectivity index (χ1v) is 14.0. The predicted molar refractivity (Wildman–Crippen MR) is 149 cm³/mol. The van der Waals surface area contributed by atoms with E-state index in [9.17, 15) is 19.5 Å². The van der Waals surface area contributed by atoms with Gasteiger partial charge in [-0.15, -0.1) is 13.2 Å². The summed E-state index contributed by atoms with van der Waals surface area (Å²) in [7, 11) is 0. The number of ether oxygens (including phenoxy) is 2. The number of carbonyl (C=O) groups excluding carboxylic acids is 3. The minimum Gasteiger partial charge on any atom is -0.465 e. The van der Waals surface area contributed by atoms with Gasteiger partial charge in [-0.25, -0.2) is 0 Å². The molecule has 1 aromatic carbocycles. The van der Waals surface area contributed by atoms with Gasteiger partial charge < -0.3 is 24.4 Å². The van der Waals surface area contributed by atoms with Crippen LogP contribution < -0.4 is 4.90 Å². The highest BCUT2D eigenvalue weighted by atomic mass is 16.6. The number of carbonyl (C=O) groups is 3. The van der Waals surface area contributed by atoms with E-state index in [2.05, 4.69) is 13.2 Å². The maximum atomic E-state index is 14.6. The van der Waals surface area contributed by atoms with Gasteiger partial charge in [-0.1, -0.05) is 30.4 Å². The normalized spacial score (nSPS) is 28.9. The molecule has 4 rings (SSSR count). The molecule has 2 unspecified atom stereocenters. The number of aliphatic hydroxyl groups excluding tert-OH is 1. The van der Waals surface area contributed by atoms with Gasteiger partial charge in [0.15, 0.2) is 0 Å². The highest BCUT2D eigenvalue weighted by molar-refractivity contribution is 6.05. The molecule has 2 amide bonds. The SMILES string of the molecule is C=CCCOC(=O)[C@@H]1[C@H]2C(=O)N(CCCCCO)C(C(=O)N(CC=C)c3c(C)cccc3C)C23CC[C@@]1(C)O3. The largest absolute Gasteiger partial charge is 0.465 e. The standard InChI is InChI=1S/C31H42N2O6/c1-6-8-20-38-29(37)24-23-27(35)33(18-10-9-11-19-34)26(31(23)16-15-30(24,5)39-31)28(36)32(17-7-2)25-21(3)13-12-14-22(25)4/h6-7,12-14,23-24,26,34H,1-2,8-11,15-20H2,3-5H3/t23-,24-,26?,30+,31?/m0/s1. The number of hydrogen-bond donors (Lipinski definition) is 1. The average molecular weight is 539 g/mol. The zero-order valence-corrected chi connectivity index (χ0v) is 23.5. The number of unbranched alkanes of at least 4 members (excludes halogenated alkanes) is 2. The molecule has 0 saturated carbocycles. The van der Waals surface area contributed by atoms with Gasteiger partial charge in [-0.05, 0) is 70.4 Å². The summed E-state index contributed by atoms with van der Waals surface area (Å²) in [6, 6.07) is 5.01. The van der Waals surface area contributed by atoms with Crippen LogP contribution in [0.2, 0.25) is 0 Å². The molecular weight excluding hydrogens is 496 g/mol. The Kier molecular flexibility index (Phi) is 8.66. The number of para-hydroxylation sites is 1. The smallest absolute Gasteiger partial charge is 0.312 e. The van der Waals surface area contributed by atoms with Crippen LogP contribution in [0.1, 0.15) is 56.6 Å². The summed E-state index contributed by atoms with van der Waals surface area (Å²) in [6.45, 7) is 14.3. The number of aliphatic hydroxyl groups is 1. The quantitative estimate of drug-likeness (QED) is 0.233. The van der Waals surface area contributed by atoms with Gasteiger partial charge >= 0.3 is 5.97 Å². The molecule has 0 radical (unpaired) electrons. The molecule has 0 aromatic heterocycles. The van der Waals surface area contributed by atoms with E-state index in [1.807, 2.05) is 39.0 Å². The Hall–Kier alpha value is -2.97. The van der Waals surface area contributed by atoms with Gasteiger partial charge in [0.2, 0.25) is 5.91 Å². The molecule has 5 atom stereocenters. The van der Waals surface area contributed by atoms with Crippen molar-refractivity contribution in [1.29, 1.82) is 0 Å². The van der Waals surface area contributed by atoms with Crippen molar-refractivity contribution in [1.82, 2.24) is 4.90 Å². The summed E-state index contributed by atoms with van der Waals surface area (Å²) in [5, 5.41) is 9.26. The number of esters is 1. The van der Waals surface area contributed by atoms with Crippen molar-refractivity contribution in [2.45, 2.75) is 76.5 Å². The molecule has 1 spiro atoms. The first-order chi connectivity index (χ1) is 18.7. The Morgan fingerprint density at radius 3 is 2.54 bits per heavy atom. The summed E-state index contributed by atoms with van der Waals surface area (Å²) in [4.78, 5) is 45.5. The Labute approximate surface area is 231 Å². The lowest BCUT2D eigenvalue weighted by Gasteiger charge is -2.37. The Morgan fingerprint density at radius 2 is 1.90 bits per heavy atom. The van der Waals surface area contributed by atoms with Gasteiger partial charge in [0.25, 0.3) is 5.91 Å². The fraction of sp³-hybridized carbons (Fsp3) is 0.581. The zero-order chi connectivity index (χ0) is 28.4. The molecule has 8 nitrogen and oxygen atoms in total. The third kappa shape index (κ3) is 4.93. The molecule has 2 bridgehead atoms. The first kappa shape index (κ1) is 29.0. The number of amides is 2. The molecule has 3 aliphatic rings. The lowest BCUT2D eigenvalue weighted by atomic mass is 9.66. The first-order valence-electron chi connectivity index (χ1n) is 14.0. The number of hydrogen-bond acceptors (Lipinski definition) is 6. The molecule has 1 aromatic rings. The summed E-state index contributed by atoms with van der Waals surface area (Å²) in [5.41, 5.74) is 0.706. The van der Waals surface area contributed by atoms with Crippen molar-refractivity contribution >= 4 is 23.5 Å². The highest BCUT2D eigenvalue weighted by Crippen LogP contribution is 2.63. The van der Waals surface area contributed by atoms with E-state index in [-0.39, 0.29) is 31.6 Å². The summed E-state index contributed by atoms with van der Waals surface area (Å²) in [6.07, 6.45) is 6.93. The molecule has 212 valence electrons. The van der Waals surface area contributed by atoms with Crippen LogP contribution in [0.3, 0.4) is 0 Å². The second kappa shape index (κ2) is 11.6. The van der Waals surface area contributed by atoms with Gasteiger partial charge in [0, 0.05) is 25.4 Å². The van der Waals surface area contributed by atoms with Crippen LogP contribution in [-0.4, -0.2) is 71.3 Å². The van der Waals surface area contributed by atoms with Crippen molar-refractivity contribution < 1.29 is 29.0 Å². The lowest BCUT2D eigenvalue weighted by molar-refractivity contribution is -0.159. The third-order valence-corrected chi connectivity index (χ3v) is 8.68.